The summed E-state index contributed by atoms with van der Waals surface area (Å²) in [5.41, 5.74) is 1.16. The summed E-state index contributed by atoms with van der Waals surface area (Å²) in [6.45, 7) is 14.5. The molecule has 0 bridgehead atoms. The molecule has 3 heterocycles. The lowest BCUT2D eigenvalue weighted by Gasteiger charge is -2.46. The zero-order valence-electron chi connectivity index (χ0n) is 26.9. The van der Waals surface area contributed by atoms with Crippen LogP contribution in [0.25, 0.3) is 0 Å². The molecular formula is C33H48N4O7. The quantitative estimate of drug-likeness (QED) is 0.425. The minimum absolute atomic E-state index is 0.0269. The fourth-order valence-electron chi connectivity index (χ4n) is 7.04. The van der Waals surface area contributed by atoms with E-state index in [0.29, 0.717) is 41.3 Å². The molecule has 0 aromatic heterocycles. The maximum Gasteiger partial charge on any atom is 0.410 e. The number of hydrogen-bond donors (Lipinski definition) is 2. The van der Waals surface area contributed by atoms with Gasteiger partial charge in [-0.2, -0.15) is 0 Å². The summed E-state index contributed by atoms with van der Waals surface area (Å²) in [5, 5.41) is 13.5. The van der Waals surface area contributed by atoms with Gasteiger partial charge in [0.15, 0.2) is 6.23 Å². The molecule has 2 atom stereocenters. The first kappa shape index (κ1) is 32.2. The number of carbonyl (C=O) groups is 4. The number of piperidine rings is 2. The second kappa shape index (κ2) is 12.7. The highest BCUT2D eigenvalue weighted by atomic mass is 16.6. The van der Waals surface area contributed by atoms with Crippen LogP contribution in [0.4, 0.5) is 4.79 Å². The minimum atomic E-state index is -1.27. The van der Waals surface area contributed by atoms with Crippen molar-refractivity contribution in [1.29, 1.82) is 0 Å². The van der Waals surface area contributed by atoms with Crippen molar-refractivity contribution in [3.05, 3.63) is 28.8 Å². The van der Waals surface area contributed by atoms with Gasteiger partial charge in [-0.25, -0.2) is 4.79 Å². The van der Waals surface area contributed by atoms with E-state index in [1.165, 1.54) is 4.90 Å². The third-order valence-corrected chi connectivity index (χ3v) is 9.43. The third-order valence-electron chi connectivity index (χ3n) is 9.43. The molecule has 4 amide bonds. The van der Waals surface area contributed by atoms with Crippen LogP contribution in [0, 0.1) is 5.92 Å². The number of hydrogen-bond acceptors (Lipinski definition) is 8. The van der Waals surface area contributed by atoms with Crippen molar-refractivity contribution in [2.45, 2.75) is 123 Å². The van der Waals surface area contributed by atoms with Crippen molar-refractivity contribution >= 4 is 23.8 Å². The minimum Gasteiger partial charge on any atom is -0.490 e. The van der Waals surface area contributed by atoms with Crippen LogP contribution in [-0.2, 0) is 20.7 Å². The lowest BCUT2D eigenvalue weighted by atomic mass is 9.85. The second-order valence-corrected chi connectivity index (χ2v) is 14.0. The van der Waals surface area contributed by atoms with Gasteiger partial charge in [0.05, 0.1) is 0 Å². The van der Waals surface area contributed by atoms with E-state index in [4.69, 9.17) is 9.47 Å². The van der Waals surface area contributed by atoms with E-state index in [0.717, 1.165) is 50.9 Å². The predicted octanol–water partition coefficient (Wildman–Crippen LogP) is 3.77. The summed E-state index contributed by atoms with van der Waals surface area (Å²) in [6.07, 6.45) is 3.09. The first-order valence-corrected chi connectivity index (χ1v) is 16.2. The number of imide groups is 1. The van der Waals surface area contributed by atoms with E-state index in [9.17, 15) is 24.3 Å². The van der Waals surface area contributed by atoms with Gasteiger partial charge < -0.3 is 19.5 Å². The van der Waals surface area contributed by atoms with Gasteiger partial charge in [-0.1, -0.05) is 6.92 Å². The van der Waals surface area contributed by atoms with Crippen LogP contribution in [0.15, 0.2) is 12.1 Å². The Morgan fingerprint density at radius 1 is 1.11 bits per heavy atom. The van der Waals surface area contributed by atoms with Crippen molar-refractivity contribution in [1.82, 2.24) is 20.0 Å². The number of aliphatic hydroxyl groups excluding tert-OH is 1. The van der Waals surface area contributed by atoms with Gasteiger partial charge in [0.2, 0.25) is 11.8 Å². The molecule has 5 rings (SSSR count). The predicted molar refractivity (Wildman–Crippen MR) is 163 cm³/mol. The average Bonchev–Trinajstić information content (AvgIpc) is 3.18. The SMILES string of the molecule is CCc1c(OC2CC(N(CC3CCN(C(=O)OC(C)(C)C)CC3)C(C)C)C2)ccc2c1C(O)N(C1CCC(=O)NC1=O)C2=O. The Morgan fingerprint density at radius 3 is 2.39 bits per heavy atom. The topological polar surface area (TPSA) is 129 Å². The van der Waals surface area contributed by atoms with Gasteiger partial charge >= 0.3 is 6.09 Å². The standard InChI is InChI=1S/C33H48N4O7/c1-7-23-26(10-8-24-28(23)31(41)37(30(24)40)25-9-11-27(38)34-29(25)39)43-22-16-21(17-22)36(19(2)3)18-20-12-14-35(15-13-20)32(42)44-33(4,5)6/h8,10,19-22,25,31,41H,7,9,11-18H2,1-6H3,(H,34,38,39). The normalized spacial score (nSPS) is 26.2. The Hall–Kier alpha value is -3.18. The summed E-state index contributed by atoms with van der Waals surface area (Å²) >= 11 is 0. The number of nitrogens with zero attached hydrogens (tertiary/aromatic N) is 3. The van der Waals surface area contributed by atoms with Gasteiger partial charge in [-0.15, -0.1) is 0 Å². The lowest BCUT2D eigenvalue weighted by molar-refractivity contribution is -0.139. The van der Waals surface area contributed by atoms with E-state index in [-0.39, 0.29) is 30.9 Å². The molecule has 44 heavy (non-hydrogen) atoms. The van der Waals surface area contributed by atoms with Crippen LogP contribution >= 0.6 is 0 Å². The molecule has 0 spiro atoms. The molecule has 11 heteroatoms. The van der Waals surface area contributed by atoms with Crippen LogP contribution < -0.4 is 10.1 Å². The monoisotopic (exact) mass is 612 g/mol. The molecule has 2 N–H and O–H groups in total. The van der Waals surface area contributed by atoms with Crippen molar-refractivity contribution in [3.8, 4) is 5.75 Å². The van der Waals surface area contributed by atoms with Crippen LogP contribution in [-0.4, -0.2) is 93.1 Å². The molecule has 1 aromatic rings. The van der Waals surface area contributed by atoms with E-state index in [1.54, 1.807) is 6.07 Å². The van der Waals surface area contributed by atoms with E-state index in [1.807, 2.05) is 38.7 Å². The molecule has 2 saturated heterocycles. The van der Waals surface area contributed by atoms with Crippen LogP contribution in [0.5, 0.6) is 5.75 Å². The largest absolute Gasteiger partial charge is 0.490 e. The summed E-state index contributed by atoms with van der Waals surface area (Å²) in [5.74, 6) is -0.146. The number of fused-ring (bicyclic) bond motifs is 1. The van der Waals surface area contributed by atoms with Crippen LogP contribution in [0.3, 0.4) is 0 Å². The third kappa shape index (κ3) is 6.59. The van der Waals surface area contributed by atoms with Crippen LogP contribution in [0.1, 0.15) is 108 Å². The number of likely N-dealkylation sites (tertiary alicyclic amines) is 1. The number of carbonyl (C=O) groups excluding carboxylic acids is 4. The molecular weight excluding hydrogens is 564 g/mol. The van der Waals surface area contributed by atoms with Gasteiger partial charge in [0.1, 0.15) is 23.5 Å². The fraction of sp³-hybridized carbons (Fsp3) is 0.697. The van der Waals surface area contributed by atoms with Crippen LogP contribution in [0.2, 0.25) is 0 Å². The molecule has 242 valence electrons. The first-order valence-electron chi connectivity index (χ1n) is 16.2. The number of nitrogens with one attached hydrogen (secondary N) is 1. The molecule has 11 nitrogen and oxygen atoms in total. The van der Waals surface area contributed by atoms with Gasteiger partial charge in [-0.05, 0) is 78.4 Å². The van der Waals surface area contributed by atoms with Gasteiger partial charge in [-0.3, -0.25) is 29.5 Å². The number of rotatable bonds is 8. The highest BCUT2D eigenvalue weighted by Crippen LogP contribution is 2.42. The van der Waals surface area contributed by atoms with E-state index in [2.05, 4.69) is 24.1 Å². The summed E-state index contributed by atoms with van der Waals surface area (Å²) in [7, 11) is 0. The Labute approximate surface area is 260 Å². The van der Waals surface area contributed by atoms with Gasteiger partial charge in [0.25, 0.3) is 5.91 Å². The number of ether oxygens (including phenoxy) is 2. The Balaban J connectivity index is 1.18. The highest BCUT2D eigenvalue weighted by molar-refractivity contribution is 6.06. The van der Waals surface area contributed by atoms with Gasteiger partial charge in [0, 0.05) is 67.7 Å². The summed E-state index contributed by atoms with van der Waals surface area (Å²) in [4.78, 5) is 55.5. The average molecular weight is 613 g/mol. The fourth-order valence-corrected chi connectivity index (χ4v) is 7.04. The van der Waals surface area contributed by atoms with Crippen molar-refractivity contribution in [3.63, 3.8) is 0 Å². The molecule has 3 fully saturated rings. The van der Waals surface area contributed by atoms with Crippen molar-refractivity contribution < 1.29 is 33.8 Å². The summed E-state index contributed by atoms with van der Waals surface area (Å²) in [6, 6.07) is 3.38. The molecule has 2 unspecified atom stereocenters. The molecule has 1 saturated carbocycles. The zero-order valence-corrected chi connectivity index (χ0v) is 26.9. The number of benzene rings is 1. The maximum absolute atomic E-state index is 13.3. The molecule has 4 aliphatic rings. The second-order valence-electron chi connectivity index (χ2n) is 14.0. The van der Waals surface area contributed by atoms with Crippen molar-refractivity contribution in [2.75, 3.05) is 19.6 Å². The van der Waals surface area contributed by atoms with Crippen molar-refractivity contribution in [2.24, 2.45) is 5.92 Å². The lowest BCUT2D eigenvalue weighted by Crippen LogP contribution is -2.54. The van der Waals surface area contributed by atoms with E-state index >= 15 is 0 Å². The molecule has 0 radical (unpaired) electrons. The Bertz CT molecular complexity index is 1280. The number of aliphatic hydroxyl groups is 1. The van der Waals surface area contributed by atoms with E-state index < -0.39 is 29.7 Å². The first-order chi connectivity index (χ1) is 20.8. The zero-order chi connectivity index (χ0) is 31.9. The maximum atomic E-state index is 13.3. The molecule has 1 aliphatic carbocycles. The molecule has 1 aromatic carbocycles. The summed E-state index contributed by atoms with van der Waals surface area (Å²) < 4.78 is 12.0. The smallest absolute Gasteiger partial charge is 0.410 e. The highest BCUT2D eigenvalue weighted by Gasteiger charge is 2.46. The molecule has 3 aliphatic heterocycles. The number of amides is 4. The Morgan fingerprint density at radius 2 is 1.80 bits per heavy atom. The Kier molecular flexibility index (Phi) is 9.28.